The van der Waals surface area contributed by atoms with Gasteiger partial charge in [-0.25, -0.2) is 4.39 Å². The second kappa shape index (κ2) is 10.8. The number of hydrogen-bond acceptors (Lipinski definition) is 3. The molecule has 0 heterocycles. The molecule has 2 rings (SSSR count). The summed E-state index contributed by atoms with van der Waals surface area (Å²) in [6, 6.07) is 13.3. The molecule has 0 aliphatic carbocycles. The van der Waals surface area contributed by atoms with E-state index >= 15 is 0 Å². The maximum Gasteiger partial charge on any atom is 0.243 e. The summed E-state index contributed by atoms with van der Waals surface area (Å²) in [5.74, 6) is -2.11. The summed E-state index contributed by atoms with van der Waals surface area (Å²) in [4.78, 5) is 35.9. The predicted molar refractivity (Wildman–Crippen MR) is 109 cm³/mol. The molecule has 2 atom stereocenters. The van der Waals surface area contributed by atoms with Crippen LogP contribution in [0.3, 0.4) is 0 Å². The third-order valence-electron chi connectivity index (χ3n) is 4.16. The van der Waals surface area contributed by atoms with Crippen molar-refractivity contribution < 1.29 is 18.8 Å². The zero-order chi connectivity index (χ0) is 21.2. The molecule has 0 aliphatic heterocycles. The molecular formula is C22H24FN3O3. The fraction of sp³-hybridized carbons (Fsp3) is 0.227. The highest BCUT2D eigenvalue weighted by Crippen LogP contribution is 2.08. The van der Waals surface area contributed by atoms with Crippen LogP contribution < -0.4 is 16.4 Å². The van der Waals surface area contributed by atoms with Crippen LogP contribution in [0.15, 0.2) is 60.7 Å². The van der Waals surface area contributed by atoms with Crippen molar-refractivity contribution in [3.8, 4) is 0 Å². The normalized spacial score (nSPS) is 12.9. The molecule has 6 nitrogen and oxygen atoms in total. The molecule has 2 aromatic carbocycles. The molecule has 0 aliphatic rings. The van der Waals surface area contributed by atoms with Gasteiger partial charge in [0.15, 0.2) is 0 Å². The molecule has 29 heavy (non-hydrogen) atoms. The zero-order valence-corrected chi connectivity index (χ0v) is 16.1. The topological polar surface area (TPSA) is 101 Å². The molecule has 0 bridgehead atoms. The number of rotatable bonds is 9. The molecule has 3 amide bonds. The highest BCUT2D eigenvalue weighted by Gasteiger charge is 2.24. The van der Waals surface area contributed by atoms with Crippen molar-refractivity contribution in [1.82, 2.24) is 10.6 Å². The summed E-state index contributed by atoms with van der Waals surface area (Å²) in [5.41, 5.74) is 6.90. The lowest BCUT2D eigenvalue weighted by Gasteiger charge is -2.21. The van der Waals surface area contributed by atoms with Gasteiger partial charge in [-0.1, -0.05) is 54.6 Å². The number of primary amides is 1. The largest absolute Gasteiger partial charge is 0.368 e. The van der Waals surface area contributed by atoms with Gasteiger partial charge < -0.3 is 16.4 Å². The lowest BCUT2D eigenvalue weighted by atomic mass is 10.0. The second-order valence-electron chi connectivity index (χ2n) is 6.60. The Morgan fingerprint density at radius 2 is 1.76 bits per heavy atom. The SMILES string of the molecule is CC(=O)N[C@H](Cc1cccc(F)c1)C(=O)N[C@H](C/C=C/c1ccccc1)C(N)=O. The van der Waals surface area contributed by atoms with Crippen molar-refractivity contribution in [2.75, 3.05) is 0 Å². The van der Waals surface area contributed by atoms with Crippen LogP contribution in [0.2, 0.25) is 0 Å². The minimum Gasteiger partial charge on any atom is -0.368 e. The number of amides is 3. The van der Waals surface area contributed by atoms with Gasteiger partial charge in [0.25, 0.3) is 0 Å². The monoisotopic (exact) mass is 397 g/mol. The van der Waals surface area contributed by atoms with Crippen molar-refractivity contribution >= 4 is 23.8 Å². The lowest BCUT2D eigenvalue weighted by Crippen LogP contribution is -2.53. The fourth-order valence-corrected chi connectivity index (χ4v) is 2.78. The van der Waals surface area contributed by atoms with E-state index in [1.165, 1.54) is 25.1 Å². The van der Waals surface area contributed by atoms with E-state index in [1.54, 1.807) is 12.1 Å². The Kier molecular flexibility index (Phi) is 8.09. The summed E-state index contributed by atoms with van der Waals surface area (Å²) in [6.07, 6.45) is 3.84. The number of halogens is 1. The smallest absolute Gasteiger partial charge is 0.243 e. The van der Waals surface area contributed by atoms with Crippen LogP contribution in [-0.2, 0) is 20.8 Å². The summed E-state index contributed by atoms with van der Waals surface area (Å²) in [6.45, 7) is 1.28. The minimum absolute atomic E-state index is 0.0779. The van der Waals surface area contributed by atoms with E-state index in [9.17, 15) is 18.8 Å². The van der Waals surface area contributed by atoms with Crippen molar-refractivity contribution in [1.29, 1.82) is 0 Å². The van der Waals surface area contributed by atoms with Crippen LogP contribution in [0.4, 0.5) is 4.39 Å². The van der Waals surface area contributed by atoms with Gasteiger partial charge in [0.2, 0.25) is 17.7 Å². The maximum atomic E-state index is 13.4. The van der Waals surface area contributed by atoms with Crippen LogP contribution in [0.25, 0.3) is 6.08 Å². The van der Waals surface area contributed by atoms with Crippen molar-refractivity contribution in [3.63, 3.8) is 0 Å². The Labute approximate surface area is 169 Å². The van der Waals surface area contributed by atoms with Crippen LogP contribution >= 0.6 is 0 Å². The fourth-order valence-electron chi connectivity index (χ4n) is 2.78. The van der Waals surface area contributed by atoms with Gasteiger partial charge in [-0.15, -0.1) is 0 Å². The highest BCUT2D eigenvalue weighted by atomic mass is 19.1. The van der Waals surface area contributed by atoms with Gasteiger partial charge in [0.1, 0.15) is 17.9 Å². The summed E-state index contributed by atoms with van der Waals surface area (Å²) < 4.78 is 13.4. The zero-order valence-electron chi connectivity index (χ0n) is 16.1. The molecule has 0 aromatic heterocycles. The first-order chi connectivity index (χ1) is 13.8. The van der Waals surface area contributed by atoms with Crippen molar-refractivity contribution in [3.05, 3.63) is 77.6 Å². The van der Waals surface area contributed by atoms with E-state index in [1.807, 2.05) is 36.4 Å². The molecule has 0 saturated carbocycles. The Morgan fingerprint density at radius 3 is 2.38 bits per heavy atom. The second-order valence-corrected chi connectivity index (χ2v) is 6.60. The molecular weight excluding hydrogens is 373 g/mol. The Bertz CT molecular complexity index is 884. The number of carbonyl (C=O) groups is 3. The molecule has 0 saturated heterocycles. The molecule has 4 N–H and O–H groups in total. The van der Waals surface area contributed by atoms with E-state index in [2.05, 4.69) is 10.6 Å². The van der Waals surface area contributed by atoms with E-state index in [-0.39, 0.29) is 12.8 Å². The van der Waals surface area contributed by atoms with E-state index in [0.717, 1.165) is 5.56 Å². The van der Waals surface area contributed by atoms with E-state index in [4.69, 9.17) is 5.73 Å². The van der Waals surface area contributed by atoms with Gasteiger partial charge in [0, 0.05) is 13.3 Å². The Hall–Kier alpha value is -3.48. The average Bonchev–Trinajstić information content (AvgIpc) is 2.67. The third kappa shape index (κ3) is 7.57. The predicted octanol–water partition coefficient (Wildman–Crippen LogP) is 1.95. The summed E-state index contributed by atoms with van der Waals surface area (Å²) >= 11 is 0. The van der Waals surface area contributed by atoms with Crippen molar-refractivity contribution in [2.24, 2.45) is 5.73 Å². The van der Waals surface area contributed by atoms with Gasteiger partial charge in [-0.05, 0) is 29.7 Å². The summed E-state index contributed by atoms with van der Waals surface area (Å²) in [5, 5.41) is 5.10. The van der Waals surface area contributed by atoms with E-state index in [0.29, 0.717) is 5.56 Å². The average molecular weight is 397 g/mol. The van der Waals surface area contributed by atoms with Gasteiger partial charge in [-0.2, -0.15) is 0 Å². The highest BCUT2D eigenvalue weighted by molar-refractivity contribution is 5.91. The van der Waals surface area contributed by atoms with Crippen LogP contribution in [0, 0.1) is 5.82 Å². The minimum atomic E-state index is -0.964. The maximum absolute atomic E-state index is 13.4. The van der Waals surface area contributed by atoms with Gasteiger partial charge >= 0.3 is 0 Å². The number of benzene rings is 2. The number of nitrogens with two attached hydrogens (primary N) is 1. The standard InChI is InChI=1S/C22H24FN3O3/c1-15(27)25-20(14-17-10-5-11-18(23)13-17)22(29)26-19(21(24)28)12-6-9-16-7-3-2-4-8-16/h2-11,13,19-20H,12,14H2,1H3,(H2,24,28)(H,25,27)(H,26,29)/b9-6+/t19-,20-/m1/s1. The lowest BCUT2D eigenvalue weighted by molar-refractivity contribution is -0.130. The van der Waals surface area contributed by atoms with Crippen LogP contribution in [0.5, 0.6) is 0 Å². The first-order valence-corrected chi connectivity index (χ1v) is 9.18. The van der Waals surface area contributed by atoms with Crippen molar-refractivity contribution in [2.45, 2.75) is 31.8 Å². The summed E-state index contributed by atoms with van der Waals surface area (Å²) in [7, 11) is 0. The number of carbonyl (C=O) groups excluding carboxylic acids is 3. The quantitative estimate of drug-likeness (QED) is 0.603. The van der Waals surface area contributed by atoms with Crippen LogP contribution in [0.1, 0.15) is 24.5 Å². The molecule has 0 fully saturated rings. The van der Waals surface area contributed by atoms with Gasteiger partial charge in [-0.3, -0.25) is 14.4 Å². The first kappa shape index (κ1) is 21.8. The third-order valence-corrected chi connectivity index (χ3v) is 4.16. The van der Waals surface area contributed by atoms with Crippen LogP contribution in [-0.4, -0.2) is 29.8 Å². The Morgan fingerprint density at radius 1 is 1.03 bits per heavy atom. The Balaban J connectivity index is 2.06. The number of hydrogen-bond donors (Lipinski definition) is 3. The molecule has 0 radical (unpaired) electrons. The molecule has 2 aromatic rings. The molecule has 0 unspecified atom stereocenters. The molecule has 152 valence electrons. The van der Waals surface area contributed by atoms with E-state index < -0.39 is 35.6 Å². The van der Waals surface area contributed by atoms with Gasteiger partial charge in [0.05, 0.1) is 0 Å². The number of nitrogens with one attached hydrogen (secondary N) is 2. The molecule has 7 heteroatoms. The first-order valence-electron chi connectivity index (χ1n) is 9.18. The molecule has 0 spiro atoms.